The molecule has 5 rings (SSSR count). The van der Waals surface area contributed by atoms with Crippen LogP contribution < -0.4 is 15.4 Å². The fourth-order valence-corrected chi connectivity index (χ4v) is 5.49. The number of benzene rings is 2. The van der Waals surface area contributed by atoms with E-state index in [4.69, 9.17) is 16.3 Å². The molecular formula is C29H30ClF2N5O5. The smallest absolute Gasteiger partial charge is 0.410 e. The molecule has 2 aliphatic heterocycles. The van der Waals surface area contributed by atoms with Gasteiger partial charge in [-0.15, -0.1) is 0 Å². The summed E-state index contributed by atoms with van der Waals surface area (Å²) in [5.41, 5.74) is 1.02. The van der Waals surface area contributed by atoms with Crippen molar-refractivity contribution in [1.82, 2.24) is 25.0 Å². The fourth-order valence-electron chi connectivity index (χ4n) is 5.29. The number of halogens is 3. The third kappa shape index (κ3) is 6.24. The maximum atomic E-state index is 14.5. The predicted molar refractivity (Wildman–Crippen MR) is 151 cm³/mol. The van der Waals surface area contributed by atoms with Crippen LogP contribution in [-0.2, 0) is 22.7 Å². The molecule has 0 bridgehead atoms. The van der Waals surface area contributed by atoms with Gasteiger partial charge >= 0.3 is 6.09 Å². The van der Waals surface area contributed by atoms with Crippen LogP contribution in [0.5, 0.6) is 5.75 Å². The molecular weight excluding hydrogens is 572 g/mol. The molecule has 2 unspecified atom stereocenters. The standard InChI is InChI=1S/C29H30ClF2N5O5/c1-17(38)22-15-36(24-6-5-20(12-21(22)24)42-29(41)35-9-7-33-8-10-35)16-26(39)37-14-19(31)11-25(37)28(40)34-13-18-3-2-4-23(30)27(18)32/h2-6,12,15,19,25,33H,7-11,13-14,16H2,1H3,(H,34,40). The van der Waals surface area contributed by atoms with Gasteiger partial charge < -0.3 is 29.7 Å². The number of nitrogens with zero attached hydrogens (tertiary/aromatic N) is 3. The molecule has 0 spiro atoms. The summed E-state index contributed by atoms with van der Waals surface area (Å²) in [5, 5.41) is 6.14. The van der Waals surface area contributed by atoms with Crippen LogP contribution in [0.25, 0.3) is 10.9 Å². The summed E-state index contributed by atoms with van der Waals surface area (Å²) in [4.78, 5) is 54.1. The zero-order valence-corrected chi connectivity index (χ0v) is 23.6. The quantitative estimate of drug-likeness (QED) is 0.402. The monoisotopic (exact) mass is 601 g/mol. The van der Waals surface area contributed by atoms with E-state index in [1.165, 1.54) is 25.3 Å². The molecule has 2 aromatic carbocycles. The average Bonchev–Trinajstić information content (AvgIpc) is 3.54. The number of piperazine rings is 1. The number of ketones is 1. The summed E-state index contributed by atoms with van der Waals surface area (Å²) >= 11 is 5.80. The minimum Gasteiger partial charge on any atom is -0.410 e. The minimum atomic E-state index is -1.41. The lowest BCUT2D eigenvalue weighted by Crippen LogP contribution is -2.47. The number of Topliss-reactive ketones (excluding diaryl/α,β-unsaturated/α-hetero) is 1. The Balaban J connectivity index is 1.31. The topological polar surface area (TPSA) is 113 Å². The Morgan fingerprint density at radius 2 is 1.90 bits per heavy atom. The van der Waals surface area contributed by atoms with Gasteiger partial charge in [0.25, 0.3) is 0 Å². The molecule has 3 heterocycles. The molecule has 2 N–H and O–H groups in total. The molecule has 13 heteroatoms. The number of hydrogen-bond acceptors (Lipinski definition) is 6. The maximum absolute atomic E-state index is 14.5. The van der Waals surface area contributed by atoms with Gasteiger partial charge in [0.2, 0.25) is 11.8 Å². The van der Waals surface area contributed by atoms with Crippen molar-refractivity contribution in [2.75, 3.05) is 32.7 Å². The van der Waals surface area contributed by atoms with Gasteiger partial charge in [0, 0.05) is 67.4 Å². The Hall–Kier alpha value is -4.03. The normalized spacial score (nSPS) is 18.8. The van der Waals surface area contributed by atoms with Crippen LogP contribution in [0.1, 0.15) is 29.3 Å². The molecule has 1 aromatic heterocycles. The number of carbonyl (C=O) groups is 4. The number of aromatic nitrogens is 1. The van der Waals surface area contributed by atoms with Crippen molar-refractivity contribution in [3.8, 4) is 5.75 Å². The number of amides is 3. The Morgan fingerprint density at radius 3 is 2.64 bits per heavy atom. The van der Waals surface area contributed by atoms with Gasteiger partial charge in [-0.05, 0) is 31.2 Å². The summed E-state index contributed by atoms with van der Waals surface area (Å²) in [6, 6.07) is 8.11. The molecule has 2 aliphatic rings. The van der Waals surface area contributed by atoms with Crippen molar-refractivity contribution < 1.29 is 32.7 Å². The van der Waals surface area contributed by atoms with Crippen LogP contribution in [0.2, 0.25) is 5.02 Å². The second kappa shape index (κ2) is 12.5. The van der Waals surface area contributed by atoms with Crippen molar-refractivity contribution in [3.05, 3.63) is 64.6 Å². The molecule has 2 atom stereocenters. The molecule has 2 saturated heterocycles. The third-order valence-electron chi connectivity index (χ3n) is 7.48. The van der Waals surface area contributed by atoms with Gasteiger partial charge in [-0.25, -0.2) is 13.6 Å². The van der Waals surface area contributed by atoms with Crippen molar-refractivity contribution in [1.29, 1.82) is 0 Å². The molecule has 10 nitrogen and oxygen atoms in total. The number of ether oxygens (including phenoxy) is 1. The molecule has 0 radical (unpaired) electrons. The number of rotatable bonds is 7. The summed E-state index contributed by atoms with van der Waals surface area (Å²) in [6.07, 6.45) is -0.572. The largest absolute Gasteiger partial charge is 0.415 e. The van der Waals surface area contributed by atoms with Gasteiger partial charge in [0.1, 0.15) is 30.3 Å². The zero-order chi connectivity index (χ0) is 30.0. The summed E-state index contributed by atoms with van der Waals surface area (Å²) in [5.74, 6) is -1.80. The van der Waals surface area contributed by atoms with Gasteiger partial charge in [-0.3, -0.25) is 14.4 Å². The first-order chi connectivity index (χ1) is 20.1. The lowest BCUT2D eigenvalue weighted by Gasteiger charge is -2.26. The van der Waals surface area contributed by atoms with E-state index in [0.717, 1.165) is 4.90 Å². The highest BCUT2D eigenvalue weighted by Gasteiger charge is 2.40. The number of likely N-dealkylation sites (tertiary alicyclic amines) is 1. The molecule has 3 aromatic rings. The van der Waals surface area contributed by atoms with Crippen LogP contribution in [0.15, 0.2) is 42.6 Å². The van der Waals surface area contributed by atoms with E-state index in [2.05, 4.69) is 10.6 Å². The highest BCUT2D eigenvalue weighted by molar-refractivity contribution is 6.30. The first-order valence-electron chi connectivity index (χ1n) is 13.6. The zero-order valence-electron chi connectivity index (χ0n) is 22.9. The van der Waals surface area contributed by atoms with Crippen LogP contribution >= 0.6 is 11.6 Å². The van der Waals surface area contributed by atoms with Gasteiger partial charge in [-0.1, -0.05) is 23.7 Å². The number of carbonyl (C=O) groups excluding carboxylic acids is 4. The molecule has 42 heavy (non-hydrogen) atoms. The van der Waals surface area contributed by atoms with Crippen LogP contribution in [-0.4, -0.2) is 83.0 Å². The van der Waals surface area contributed by atoms with Crippen molar-refractivity contribution >= 4 is 46.2 Å². The van der Waals surface area contributed by atoms with Crippen molar-refractivity contribution in [2.45, 2.75) is 38.6 Å². The van der Waals surface area contributed by atoms with E-state index in [9.17, 15) is 28.0 Å². The molecule has 3 amide bonds. The van der Waals surface area contributed by atoms with Gasteiger partial charge in [0.05, 0.1) is 11.6 Å². The third-order valence-corrected chi connectivity index (χ3v) is 7.77. The molecule has 0 aliphatic carbocycles. The molecule has 2 fully saturated rings. The molecule has 0 saturated carbocycles. The van der Waals surface area contributed by atoms with Crippen LogP contribution in [0.3, 0.4) is 0 Å². The summed E-state index contributed by atoms with van der Waals surface area (Å²) in [6.45, 7) is 3.06. The summed E-state index contributed by atoms with van der Waals surface area (Å²) in [7, 11) is 0. The Bertz CT molecular complexity index is 1540. The number of fused-ring (bicyclic) bond motifs is 1. The first kappa shape index (κ1) is 29.5. The maximum Gasteiger partial charge on any atom is 0.415 e. The minimum absolute atomic E-state index is 0.0862. The van der Waals surface area contributed by atoms with Crippen molar-refractivity contribution in [3.63, 3.8) is 0 Å². The second-order valence-electron chi connectivity index (χ2n) is 10.3. The van der Waals surface area contributed by atoms with Crippen molar-refractivity contribution in [2.24, 2.45) is 0 Å². The SMILES string of the molecule is CC(=O)c1cn(CC(=O)N2CC(F)CC2C(=O)NCc2cccc(Cl)c2F)c2ccc(OC(=O)N3CCNCC3)cc12. The average molecular weight is 602 g/mol. The Morgan fingerprint density at radius 1 is 1.14 bits per heavy atom. The lowest BCUT2D eigenvalue weighted by atomic mass is 10.1. The van der Waals surface area contributed by atoms with Crippen LogP contribution in [0, 0.1) is 5.82 Å². The summed E-state index contributed by atoms with van der Waals surface area (Å²) < 4.78 is 35.8. The highest BCUT2D eigenvalue weighted by Crippen LogP contribution is 2.28. The lowest BCUT2D eigenvalue weighted by molar-refractivity contribution is -0.139. The molecule has 222 valence electrons. The van der Waals surface area contributed by atoms with E-state index in [0.29, 0.717) is 42.6 Å². The number of alkyl halides is 1. The predicted octanol–water partition coefficient (Wildman–Crippen LogP) is 3.30. The van der Waals surface area contributed by atoms with E-state index < -0.39 is 35.9 Å². The van der Waals surface area contributed by atoms with E-state index in [1.54, 1.807) is 33.7 Å². The van der Waals surface area contributed by atoms with E-state index >= 15 is 0 Å². The highest BCUT2D eigenvalue weighted by atomic mass is 35.5. The Labute approximate surface area is 245 Å². The van der Waals surface area contributed by atoms with E-state index in [1.807, 2.05) is 0 Å². The number of nitrogens with one attached hydrogen (secondary N) is 2. The Kier molecular flexibility index (Phi) is 8.74. The number of hydrogen-bond donors (Lipinski definition) is 2. The fraction of sp³-hybridized carbons (Fsp3) is 0.379. The van der Waals surface area contributed by atoms with Crippen LogP contribution in [0.4, 0.5) is 13.6 Å². The second-order valence-corrected chi connectivity index (χ2v) is 10.7. The van der Waals surface area contributed by atoms with Gasteiger partial charge in [-0.2, -0.15) is 0 Å². The first-order valence-corrected chi connectivity index (χ1v) is 14.0. The van der Waals surface area contributed by atoms with E-state index in [-0.39, 0.29) is 48.2 Å². The van der Waals surface area contributed by atoms with Gasteiger partial charge in [0.15, 0.2) is 5.78 Å².